The van der Waals surface area contributed by atoms with E-state index in [4.69, 9.17) is 10.5 Å². The number of imide groups is 1. The lowest BCUT2D eigenvalue weighted by Gasteiger charge is -2.23. The molecule has 116 valence electrons. The number of nitrogens with two attached hydrogens (primary N) is 1. The van der Waals surface area contributed by atoms with E-state index in [2.05, 4.69) is 4.98 Å². The fraction of sp³-hybridized carbons (Fsp3) is 0.267. The van der Waals surface area contributed by atoms with Crippen molar-refractivity contribution < 1.29 is 19.1 Å². The van der Waals surface area contributed by atoms with E-state index in [0.717, 1.165) is 21.4 Å². The third kappa shape index (κ3) is 2.99. The number of nitrogens with zero attached hydrogens (tertiary/aromatic N) is 1. The van der Waals surface area contributed by atoms with Crippen LogP contribution in [-0.2, 0) is 25.5 Å². The van der Waals surface area contributed by atoms with Crippen molar-refractivity contribution in [1.82, 2.24) is 9.88 Å². The van der Waals surface area contributed by atoms with Crippen molar-refractivity contribution >= 4 is 29.2 Å². The summed E-state index contributed by atoms with van der Waals surface area (Å²) in [5.74, 6) is -1.30. The summed E-state index contributed by atoms with van der Waals surface area (Å²) < 4.78 is 4.71. The largest absolute Gasteiger partial charge is 0.467 e. The number of amides is 2. The van der Waals surface area contributed by atoms with E-state index in [1.807, 2.05) is 24.3 Å². The predicted molar refractivity (Wildman–Crippen MR) is 79.8 cm³/mol. The smallest absolute Gasteiger partial charge is 0.329 e. The van der Waals surface area contributed by atoms with Crippen LogP contribution in [0.5, 0.6) is 0 Å². The first-order valence-electron chi connectivity index (χ1n) is 6.71. The molecule has 2 amide bonds. The number of hydrogen-bond acceptors (Lipinski definition) is 5. The number of H-pyrrole nitrogens is 1. The van der Waals surface area contributed by atoms with Gasteiger partial charge in [0.05, 0.1) is 13.7 Å². The summed E-state index contributed by atoms with van der Waals surface area (Å²) in [4.78, 5) is 38.8. The zero-order valence-corrected chi connectivity index (χ0v) is 12.1. The Morgan fingerprint density at radius 2 is 2.14 bits per heavy atom. The van der Waals surface area contributed by atoms with Crippen LogP contribution in [0.1, 0.15) is 5.56 Å². The first-order valence-corrected chi connectivity index (χ1v) is 6.71. The molecule has 2 aromatic rings. The average molecular weight is 303 g/mol. The number of hydrogen-bond donors (Lipinski definition) is 2. The van der Waals surface area contributed by atoms with Gasteiger partial charge in [-0.15, -0.1) is 0 Å². The number of methoxy groups -OCH3 is 1. The number of fused-ring (bicyclic) bond motifs is 1. The van der Waals surface area contributed by atoms with Crippen molar-refractivity contribution in [2.75, 3.05) is 13.7 Å². The van der Waals surface area contributed by atoms with Gasteiger partial charge in [-0.25, -0.2) is 4.79 Å². The highest BCUT2D eigenvalue weighted by Gasteiger charge is 2.30. The summed E-state index contributed by atoms with van der Waals surface area (Å²) in [5.41, 5.74) is 7.00. The second-order valence-electron chi connectivity index (χ2n) is 4.71. The van der Waals surface area contributed by atoms with Crippen molar-refractivity contribution in [2.24, 2.45) is 5.73 Å². The van der Waals surface area contributed by atoms with E-state index in [-0.39, 0.29) is 13.0 Å². The summed E-state index contributed by atoms with van der Waals surface area (Å²) in [6.45, 7) is -0.361. The number of aromatic amines is 1. The van der Waals surface area contributed by atoms with Crippen LogP contribution in [0.3, 0.4) is 0 Å². The highest BCUT2D eigenvalue weighted by molar-refractivity contribution is 5.94. The minimum absolute atomic E-state index is 0.154. The molecule has 1 atom stereocenters. The predicted octanol–water partition coefficient (Wildman–Crippen LogP) is 0.196. The molecule has 2 rings (SSSR count). The highest BCUT2D eigenvalue weighted by atomic mass is 16.5. The molecule has 0 unspecified atom stereocenters. The number of esters is 1. The van der Waals surface area contributed by atoms with Crippen molar-refractivity contribution in [3.63, 3.8) is 0 Å². The Bertz CT molecular complexity index is 695. The average Bonchev–Trinajstić information content (AvgIpc) is 2.96. The second kappa shape index (κ2) is 6.86. The van der Waals surface area contributed by atoms with Crippen LogP contribution in [0.15, 0.2) is 30.5 Å². The Kier molecular flexibility index (Phi) is 4.90. The van der Waals surface area contributed by atoms with E-state index >= 15 is 0 Å². The zero-order chi connectivity index (χ0) is 16.1. The molecule has 0 spiro atoms. The van der Waals surface area contributed by atoms with Gasteiger partial charge in [-0.05, 0) is 11.6 Å². The number of carbonyl (C=O) groups is 3. The Labute approximate surface area is 127 Å². The number of rotatable bonds is 6. The molecule has 7 heteroatoms. The molecule has 0 fully saturated rings. The quantitative estimate of drug-likeness (QED) is 0.585. The van der Waals surface area contributed by atoms with Gasteiger partial charge in [-0.3, -0.25) is 14.5 Å². The fourth-order valence-electron chi connectivity index (χ4n) is 2.35. The molecule has 0 radical (unpaired) electrons. The number of benzene rings is 1. The molecule has 0 aliphatic rings. The van der Waals surface area contributed by atoms with Gasteiger partial charge in [0.1, 0.15) is 6.04 Å². The lowest BCUT2D eigenvalue weighted by molar-refractivity contribution is -0.155. The molecule has 0 saturated carbocycles. The molecule has 1 heterocycles. The first kappa shape index (κ1) is 15.7. The van der Waals surface area contributed by atoms with E-state index in [1.54, 1.807) is 6.20 Å². The Morgan fingerprint density at radius 1 is 1.41 bits per heavy atom. The maximum absolute atomic E-state index is 12.0. The van der Waals surface area contributed by atoms with E-state index in [1.165, 1.54) is 7.11 Å². The minimum Gasteiger partial charge on any atom is -0.467 e. The van der Waals surface area contributed by atoms with Gasteiger partial charge in [0, 0.05) is 23.5 Å². The monoisotopic (exact) mass is 303 g/mol. The molecule has 1 aromatic carbocycles. The van der Waals surface area contributed by atoms with Gasteiger partial charge in [0.2, 0.25) is 12.3 Å². The molecule has 1 aromatic heterocycles. The van der Waals surface area contributed by atoms with Crippen molar-refractivity contribution in [3.8, 4) is 0 Å². The topological polar surface area (TPSA) is 105 Å². The van der Waals surface area contributed by atoms with Crippen LogP contribution in [0.2, 0.25) is 0 Å². The standard InChI is InChI=1S/C15H17N3O4/c1-22-15(21)13(18(9-19)14(20)7-16)6-10-8-17-12-5-3-2-4-11(10)12/h2-5,8-9,13,17H,6-7,16H2,1H3/t13-/m0/s1. The van der Waals surface area contributed by atoms with Crippen molar-refractivity contribution in [3.05, 3.63) is 36.0 Å². The van der Waals surface area contributed by atoms with Crippen LogP contribution in [0.4, 0.5) is 0 Å². The van der Waals surface area contributed by atoms with Crippen molar-refractivity contribution in [2.45, 2.75) is 12.5 Å². The number of ether oxygens (including phenoxy) is 1. The lowest BCUT2D eigenvalue weighted by atomic mass is 10.0. The first-order chi connectivity index (χ1) is 10.6. The summed E-state index contributed by atoms with van der Waals surface area (Å²) >= 11 is 0. The Balaban J connectivity index is 2.36. The fourth-order valence-corrected chi connectivity index (χ4v) is 2.35. The molecule has 22 heavy (non-hydrogen) atoms. The molecule has 0 aliphatic carbocycles. The highest BCUT2D eigenvalue weighted by Crippen LogP contribution is 2.20. The van der Waals surface area contributed by atoms with Crippen LogP contribution >= 0.6 is 0 Å². The summed E-state index contributed by atoms with van der Waals surface area (Å²) in [6, 6.07) is 6.50. The number of aromatic nitrogens is 1. The second-order valence-corrected chi connectivity index (χ2v) is 4.71. The molecule has 0 saturated heterocycles. The molecular weight excluding hydrogens is 286 g/mol. The maximum atomic E-state index is 12.0. The molecule has 0 bridgehead atoms. The number of nitrogens with one attached hydrogen (secondary N) is 1. The minimum atomic E-state index is -1.04. The van der Waals surface area contributed by atoms with Gasteiger partial charge < -0.3 is 15.5 Å². The molecule has 7 nitrogen and oxygen atoms in total. The Morgan fingerprint density at radius 3 is 2.77 bits per heavy atom. The normalized spacial score (nSPS) is 11.9. The maximum Gasteiger partial charge on any atom is 0.329 e. The molecular formula is C15H17N3O4. The van der Waals surface area contributed by atoms with E-state index in [9.17, 15) is 14.4 Å². The van der Waals surface area contributed by atoms with Gasteiger partial charge >= 0.3 is 5.97 Å². The van der Waals surface area contributed by atoms with Crippen LogP contribution in [0.25, 0.3) is 10.9 Å². The van der Waals surface area contributed by atoms with Crippen LogP contribution in [0, 0.1) is 0 Å². The SMILES string of the molecule is COC(=O)[C@H](Cc1c[nH]c2ccccc12)N(C=O)C(=O)CN. The van der Waals surface area contributed by atoms with Gasteiger partial charge in [-0.2, -0.15) is 0 Å². The summed E-state index contributed by atoms with van der Waals surface area (Å²) in [7, 11) is 1.21. The van der Waals surface area contributed by atoms with E-state index in [0.29, 0.717) is 6.41 Å². The summed E-state index contributed by atoms with van der Waals surface area (Å²) in [5, 5.41) is 0.919. The third-order valence-electron chi connectivity index (χ3n) is 3.47. The van der Waals surface area contributed by atoms with Crippen LogP contribution in [-0.4, -0.2) is 47.9 Å². The van der Waals surface area contributed by atoms with Gasteiger partial charge in [-0.1, -0.05) is 18.2 Å². The van der Waals surface area contributed by atoms with Gasteiger partial charge in [0.25, 0.3) is 0 Å². The molecule has 0 aliphatic heterocycles. The zero-order valence-electron chi connectivity index (χ0n) is 12.1. The number of para-hydroxylation sites is 1. The number of carbonyl (C=O) groups excluding carboxylic acids is 3. The van der Waals surface area contributed by atoms with Crippen molar-refractivity contribution in [1.29, 1.82) is 0 Å². The molecule has 3 N–H and O–H groups in total. The van der Waals surface area contributed by atoms with Crippen LogP contribution < -0.4 is 5.73 Å². The van der Waals surface area contributed by atoms with E-state index < -0.39 is 17.9 Å². The van der Waals surface area contributed by atoms with Gasteiger partial charge in [0.15, 0.2) is 0 Å². The summed E-state index contributed by atoms with van der Waals surface area (Å²) in [6.07, 6.45) is 2.21. The third-order valence-corrected chi connectivity index (χ3v) is 3.47. The Hall–Kier alpha value is -2.67. The lowest BCUT2D eigenvalue weighted by Crippen LogP contribution is -2.48.